The molecule has 7 heteroatoms. The van der Waals surface area contributed by atoms with E-state index < -0.39 is 5.54 Å². The van der Waals surface area contributed by atoms with Crippen LogP contribution >= 0.6 is 36.4 Å². The lowest BCUT2D eigenvalue weighted by Crippen LogP contribution is -2.45. The monoisotopic (exact) mass is 299 g/mol. The van der Waals surface area contributed by atoms with Crippen LogP contribution in [-0.2, 0) is 0 Å². The molecule has 0 saturated heterocycles. The molecule has 0 saturated carbocycles. The highest BCUT2D eigenvalue weighted by Gasteiger charge is 2.13. The van der Waals surface area contributed by atoms with E-state index in [1.54, 1.807) is 12.1 Å². The van der Waals surface area contributed by atoms with Gasteiger partial charge in [-0.2, -0.15) is 0 Å². The third-order valence-electron chi connectivity index (χ3n) is 1.66. The molecule has 0 unspecified atom stereocenters. The smallest absolute Gasteiger partial charge is 0.269 e. The summed E-state index contributed by atoms with van der Waals surface area (Å²) in [5, 5.41) is 3.19. The van der Waals surface area contributed by atoms with Crippen molar-refractivity contribution in [3.05, 3.63) is 29.0 Å². The van der Waals surface area contributed by atoms with E-state index in [1.807, 2.05) is 13.8 Å². The van der Waals surface area contributed by atoms with E-state index in [2.05, 4.69) is 10.3 Å². The highest BCUT2D eigenvalue weighted by Crippen LogP contribution is 2.06. The van der Waals surface area contributed by atoms with E-state index in [0.29, 0.717) is 17.3 Å². The van der Waals surface area contributed by atoms with Crippen LogP contribution in [0.4, 0.5) is 0 Å². The van der Waals surface area contributed by atoms with Crippen molar-refractivity contribution in [2.45, 2.75) is 19.4 Å². The Labute approximate surface area is 118 Å². The molecular weight excluding hydrogens is 284 g/mol. The van der Waals surface area contributed by atoms with Crippen LogP contribution in [0, 0.1) is 0 Å². The molecule has 0 aromatic carbocycles. The van der Waals surface area contributed by atoms with Crippen molar-refractivity contribution in [1.82, 2.24) is 10.3 Å². The van der Waals surface area contributed by atoms with Crippen LogP contribution in [0.25, 0.3) is 0 Å². The molecule has 1 heterocycles. The average Bonchev–Trinajstić information content (AvgIpc) is 2.14. The van der Waals surface area contributed by atoms with Gasteiger partial charge in [-0.1, -0.05) is 11.6 Å². The summed E-state index contributed by atoms with van der Waals surface area (Å²) in [6.07, 6.45) is 1.43. The lowest BCUT2D eigenvalue weighted by atomic mass is 10.1. The minimum atomic E-state index is -0.428. The highest BCUT2D eigenvalue weighted by atomic mass is 35.5. The summed E-state index contributed by atoms with van der Waals surface area (Å²) in [6.45, 7) is 4.07. The summed E-state index contributed by atoms with van der Waals surface area (Å²) in [5.41, 5.74) is 5.64. The molecular formula is C10H16Cl3N3O. The summed E-state index contributed by atoms with van der Waals surface area (Å²) < 4.78 is 0. The Morgan fingerprint density at radius 2 is 2.06 bits per heavy atom. The van der Waals surface area contributed by atoms with E-state index in [4.69, 9.17) is 17.3 Å². The lowest BCUT2D eigenvalue weighted by molar-refractivity contribution is 0.0941. The van der Waals surface area contributed by atoms with Crippen molar-refractivity contribution in [3.63, 3.8) is 0 Å². The minimum absolute atomic E-state index is 0. The lowest BCUT2D eigenvalue weighted by Gasteiger charge is -2.18. The molecule has 3 N–H and O–H groups in total. The molecule has 4 nitrogen and oxygen atoms in total. The zero-order valence-corrected chi connectivity index (χ0v) is 12.0. The molecule has 0 radical (unpaired) electrons. The molecule has 0 spiro atoms. The number of carbonyl (C=O) groups is 1. The van der Waals surface area contributed by atoms with Gasteiger partial charge in [0.05, 0.1) is 5.02 Å². The van der Waals surface area contributed by atoms with Gasteiger partial charge in [0.1, 0.15) is 5.69 Å². The SMILES string of the molecule is CC(C)(N)CNC(=O)c1ccc(Cl)cn1.Cl.Cl. The number of carbonyl (C=O) groups excluding carboxylic acids is 1. The van der Waals surface area contributed by atoms with Crippen LogP contribution in [0.5, 0.6) is 0 Å². The van der Waals surface area contributed by atoms with Gasteiger partial charge in [0.25, 0.3) is 5.91 Å². The number of halogens is 3. The van der Waals surface area contributed by atoms with Crippen LogP contribution in [-0.4, -0.2) is 23.0 Å². The summed E-state index contributed by atoms with van der Waals surface area (Å²) >= 11 is 5.65. The Balaban J connectivity index is 0. The summed E-state index contributed by atoms with van der Waals surface area (Å²) in [6, 6.07) is 3.19. The first-order valence-corrected chi connectivity index (χ1v) is 4.95. The zero-order chi connectivity index (χ0) is 11.5. The first kappa shape index (κ1) is 18.8. The molecule has 1 amide bonds. The summed E-state index contributed by atoms with van der Waals surface area (Å²) in [7, 11) is 0. The van der Waals surface area contributed by atoms with E-state index in [1.165, 1.54) is 6.20 Å². The predicted octanol–water partition coefficient (Wildman–Crippen LogP) is 2.05. The van der Waals surface area contributed by atoms with Gasteiger partial charge >= 0.3 is 0 Å². The van der Waals surface area contributed by atoms with Crippen molar-refractivity contribution in [3.8, 4) is 0 Å². The van der Waals surface area contributed by atoms with E-state index in [9.17, 15) is 4.79 Å². The maximum absolute atomic E-state index is 11.5. The zero-order valence-electron chi connectivity index (χ0n) is 9.57. The maximum atomic E-state index is 11.5. The Morgan fingerprint density at radius 3 is 2.47 bits per heavy atom. The molecule has 1 aromatic heterocycles. The molecule has 1 rings (SSSR count). The molecule has 0 bridgehead atoms. The third kappa shape index (κ3) is 7.39. The van der Waals surface area contributed by atoms with Gasteiger partial charge in [-0.3, -0.25) is 4.79 Å². The summed E-state index contributed by atoms with van der Waals surface area (Å²) in [5.74, 6) is -0.245. The third-order valence-corrected chi connectivity index (χ3v) is 1.89. The van der Waals surface area contributed by atoms with Gasteiger partial charge in [-0.25, -0.2) is 4.98 Å². The van der Waals surface area contributed by atoms with E-state index >= 15 is 0 Å². The molecule has 1 aromatic rings. The second kappa shape index (κ2) is 7.71. The maximum Gasteiger partial charge on any atom is 0.269 e. The number of nitrogens with zero attached hydrogens (tertiary/aromatic N) is 1. The van der Waals surface area contributed by atoms with Crippen LogP contribution in [0.3, 0.4) is 0 Å². The van der Waals surface area contributed by atoms with Gasteiger partial charge in [-0.05, 0) is 26.0 Å². The topological polar surface area (TPSA) is 68.0 Å². The molecule has 0 aliphatic rings. The number of aromatic nitrogens is 1. The Kier molecular flexibility index (Phi) is 8.53. The Morgan fingerprint density at radius 1 is 1.47 bits per heavy atom. The van der Waals surface area contributed by atoms with Gasteiger partial charge in [0.2, 0.25) is 0 Å². The van der Waals surface area contributed by atoms with Crippen LogP contribution in [0.1, 0.15) is 24.3 Å². The Bertz CT molecular complexity index is 349. The number of hydrogen-bond donors (Lipinski definition) is 2. The number of hydrogen-bond acceptors (Lipinski definition) is 3. The average molecular weight is 301 g/mol. The van der Waals surface area contributed by atoms with Crippen molar-refractivity contribution in [2.24, 2.45) is 5.73 Å². The number of pyridine rings is 1. The van der Waals surface area contributed by atoms with Crippen molar-refractivity contribution in [1.29, 1.82) is 0 Å². The number of amides is 1. The fourth-order valence-corrected chi connectivity index (χ4v) is 1.02. The van der Waals surface area contributed by atoms with Crippen molar-refractivity contribution < 1.29 is 4.79 Å². The highest BCUT2D eigenvalue weighted by molar-refractivity contribution is 6.30. The van der Waals surface area contributed by atoms with Crippen LogP contribution in [0.15, 0.2) is 18.3 Å². The minimum Gasteiger partial charge on any atom is -0.349 e. The number of rotatable bonds is 3. The second-order valence-corrected chi connectivity index (χ2v) is 4.47. The summed E-state index contributed by atoms with van der Waals surface area (Å²) in [4.78, 5) is 15.4. The van der Waals surface area contributed by atoms with Gasteiger partial charge in [-0.15, -0.1) is 24.8 Å². The van der Waals surface area contributed by atoms with Crippen LogP contribution < -0.4 is 11.1 Å². The van der Waals surface area contributed by atoms with E-state index in [0.717, 1.165) is 0 Å². The van der Waals surface area contributed by atoms with Crippen molar-refractivity contribution in [2.75, 3.05) is 6.54 Å². The number of nitrogens with one attached hydrogen (secondary N) is 1. The normalized spacial score (nSPS) is 9.88. The number of nitrogens with two attached hydrogens (primary N) is 1. The molecule has 0 aliphatic heterocycles. The Hall–Kier alpha value is -0.550. The fraction of sp³-hybridized carbons (Fsp3) is 0.400. The van der Waals surface area contributed by atoms with Crippen LogP contribution in [0.2, 0.25) is 5.02 Å². The largest absolute Gasteiger partial charge is 0.349 e. The molecule has 0 atom stereocenters. The van der Waals surface area contributed by atoms with E-state index in [-0.39, 0.29) is 30.7 Å². The van der Waals surface area contributed by atoms with Gasteiger partial charge < -0.3 is 11.1 Å². The fourth-order valence-electron chi connectivity index (χ4n) is 0.909. The predicted molar refractivity (Wildman–Crippen MR) is 74.3 cm³/mol. The molecule has 98 valence electrons. The van der Waals surface area contributed by atoms with Gasteiger partial charge in [0.15, 0.2) is 0 Å². The molecule has 0 fully saturated rings. The van der Waals surface area contributed by atoms with Crippen molar-refractivity contribution >= 4 is 42.3 Å². The first-order valence-electron chi connectivity index (χ1n) is 4.57. The molecule has 17 heavy (non-hydrogen) atoms. The quantitative estimate of drug-likeness (QED) is 0.897. The standard InChI is InChI=1S/C10H14ClN3O.2ClH/c1-10(2,12)6-14-9(15)8-4-3-7(11)5-13-8;;/h3-5H,6,12H2,1-2H3,(H,14,15);2*1H. The first-order chi connectivity index (χ1) is 6.88. The molecule has 0 aliphatic carbocycles. The second-order valence-electron chi connectivity index (χ2n) is 4.03. The van der Waals surface area contributed by atoms with Gasteiger partial charge in [0, 0.05) is 18.3 Å².